The summed E-state index contributed by atoms with van der Waals surface area (Å²) < 4.78 is 21.6. The number of hydrogen-bond acceptors (Lipinski definition) is 8. The first-order valence-electron chi connectivity index (χ1n) is 11.1. The Labute approximate surface area is 198 Å². The zero-order valence-corrected chi connectivity index (χ0v) is 19.8. The van der Waals surface area contributed by atoms with Crippen LogP contribution in [0.4, 0.5) is 5.69 Å². The second-order valence-corrected chi connectivity index (χ2v) is 7.97. The van der Waals surface area contributed by atoms with Crippen LogP contribution in [-0.4, -0.2) is 68.6 Å². The Hall–Kier alpha value is -3.72. The quantitative estimate of drug-likeness (QED) is 0.565. The van der Waals surface area contributed by atoms with Gasteiger partial charge in [0.15, 0.2) is 17.3 Å². The molecule has 4 rings (SSSR count). The molecule has 34 heavy (non-hydrogen) atoms. The normalized spacial score (nSPS) is 14.6. The van der Waals surface area contributed by atoms with Crippen LogP contribution in [0, 0.1) is 0 Å². The van der Waals surface area contributed by atoms with E-state index in [9.17, 15) is 9.90 Å². The fourth-order valence-electron chi connectivity index (χ4n) is 4.17. The van der Waals surface area contributed by atoms with Gasteiger partial charge in [-0.25, -0.2) is 0 Å². The Morgan fingerprint density at radius 1 is 0.971 bits per heavy atom. The molecule has 1 fully saturated rings. The summed E-state index contributed by atoms with van der Waals surface area (Å²) in [6, 6.07) is 13.1. The van der Waals surface area contributed by atoms with Gasteiger partial charge in [-0.2, -0.15) is 0 Å². The van der Waals surface area contributed by atoms with Crippen molar-refractivity contribution in [2.75, 3.05) is 52.4 Å². The van der Waals surface area contributed by atoms with Crippen molar-refractivity contribution in [3.8, 4) is 28.5 Å². The van der Waals surface area contributed by atoms with Crippen molar-refractivity contribution in [1.29, 1.82) is 0 Å². The lowest BCUT2D eigenvalue weighted by molar-refractivity contribution is 0.0735. The third-order valence-corrected chi connectivity index (χ3v) is 5.96. The van der Waals surface area contributed by atoms with Crippen LogP contribution in [0.5, 0.6) is 17.2 Å². The summed E-state index contributed by atoms with van der Waals surface area (Å²) in [5.74, 6) is 1.77. The molecule has 9 nitrogen and oxygen atoms in total. The number of rotatable bonds is 7. The van der Waals surface area contributed by atoms with Crippen LogP contribution in [0.3, 0.4) is 0 Å². The zero-order valence-electron chi connectivity index (χ0n) is 19.8. The van der Waals surface area contributed by atoms with E-state index in [0.717, 1.165) is 11.4 Å². The van der Waals surface area contributed by atoms with E-state index in [0.29, 0.717) is 48.9 Å². The van der Waals surface area contributed by atoms with Gasteiger partial charge in [-0.15, -0.1) is 0 Å². The first-order valence-corrected chi connectivity index (χ1v) is 11.1. The maximum Gasteiger partial charge on any atom is 0.259 e. The predicted octanol–water partition coefficient (Wildman–Crippen LogP) is 3.38. The molecule has 3 aromatic rings. The molecule has 2 heterocycles. The number of carbonyl (C=O) groups is 1. The molecule has 1 saturated heterocycles. The molecule has 0 bridgehead atoms. The van der Waals surface area contributed by atoms with Gasteiger partial charge in [-0.05, 0) is 37.3 Å². The molecule has 0 spiro atoms. The highest BCUT2D eigenvalue weighted by Crippen LogP contribution is 2.36. The van der Waals surface area contributed by atoms with Gasteiger partial charge in [0, 0.05) is 31.7 Å². The first-order chi connectivity index (χ1) is 16.5. The minimum Gasteiger partial charge on any atom is -0.495 e. The largest absolute Gasteiger partial charge is 0.495 e. The average molecular weight is 468 g/mol. The topological polar surface area (TPSA) is 97.5 Å². The van der Waals surface area contributed by atoms with E-state index in [2.05, 4.69) is 10.1 Å². The Bertz CT molecular complexity index is 1150. The lowest BCUT2D eigenvalue weighted by Gasteiger charge is -2.36. The molecule has 0 saturated carbocycles. The molecule has 1 amide bonds. The standard InChI is InChI=1S/C25H29N3O6/c1-16(29)24-22(23(26-34-24)17-9-10-20(32-3)21(15-17)33-4)25(30)28-13-11-27(12-14-28)18-7-5-6-8-19(18)31-2/h5-10,15-16,29H,11-14H2,1-4H3. The maximum absolute atomic E-state index is 13.6. The number of hydrogen-bond donors (Lipinski definition) is 1. The van der Waals surface area contributed by atoms with Gasteiger partial charge in [-0.1, -0.05) is 17.3 Å². The Morgan fingerprint density at radius 2 is 1.65 bits per heavy atom. The van der Waals surface area contributed by atoms with Crippen molar-refractivity contribution in [1.82, 2.24) is 10.1 Å². The van der Waals surface area contributed by atoms with Gasteiger partial charge in [0.25, 0.3) is 5.91 Å². The SMILES string of the molecule is COc1ccc(-c2noc(C(C)O)c2C(=O)N2CCN(c3ccccc3OC)CC2)cc1OC. The van der Waals surface area contributed by atoms with Crippen molar-refractivity contribution in [3.05, 3.63) is 53.8 Å². The van der Waals surface area contributed by atoms with Gasteiger partial charge >= 0.3 is 0 Å². The number of aliphatic hydroxyl groups excluding tert-OH is 1. The molecule has 0 radical (unpaired) electrons. The Kier molecular flexibility index (Phi) is 6.93. The minimum absolute atomic E-state index is 0.141. The van der Waals surface area contributed by atoms with Crippen LogP contribution in [0.2, 0.25) is 0 Å². The molecule has 1 aliphatic rings. The molecule has 1 aliphatic heterocycles. The predicted molar refractivity (Wildman–Crippen MR) is 127 cm³/mol. The van der Waals surface area contributed by atoms with Crippen LogP contribution in [-0.2, 0) is 0 Å². The van der Waals surface area contributed by atoms with Crippen molar-refractivity contribution >= 4 is 11.6 Å². The summed E-state index contributed by atoms with van der Waals surface area (Å²) in [4.78, 5) is 17.6. The van der Waals surface area contributed by atoms with Gasteiger partial charge in [0.05, 0.1) is 27.0 Å². The third-order valence-electron chi connectivity index (χ3n) is 5.96. The van der Waals surface area contributed by atoms with E-state index in [1.54, 1.807) is 51.4 Å². The highest BCUT2D eigenvalue weighted by atomic mass is 16.5. The molecule has 9 heteroatoms. The Morgan fingerprint density at radius 3 is 2.29 bits per heavy atom. The fraction of sp³-hybridized carbons (Fsp3) is 0.360. The summed E-state index contributed by atoms with van der Waals surface area (Å²) in [5.41, 5.74) is 2.24. The van der Waals surface area contributed by atoms with Crippen LogP contribution in [0.1, 0.15) is 29.1 Å². The molecule has 2 aromatic carbocycles. The number of para-hydroxylation sites is 2. The Balaban J connectivity index is 1.61. The number of nitrogens with zero attached hydrogens (tertiary/aromatic N) is 3. The monoisotopic (exact) mass is 467 g/mol. The van der Waals surface area contributed by atoms with E-state index in [4.69, 9.17) is 18.7 Å². The zero-order chi connectivity index (χ0) is 24.2. The van der Waals surface area contributed by atoms with Gasteiger partial charge < -0.3 is 33.6 Å². The number of benzene rings is 2. The van der Waals surface area contributed by atoms with Gasteiger partial charge in [0.2, 0.25) is 0 Å². The van der Waals surface area contributed by atoms with Gasteiger partial charge in [0.1, 0.15) is 23.1 Å². The lowest BCUT2D eigenvalue weighted by Crippen LogP contribution is -2.49. The summed E-state index contributed by atoms with van der Waals surface area (Å²) in [6.45, 7) is 3.86. The van der Waals surface area contributed by atoms with E-state index >= 15 is 0 Å². The lowest BCUT2D eigenvalue weighted by atomic mass is 10.0. The number of anilines is 1. The molecular formula is C25H29N3O6. The van der Waals surface area contributed by atoms with E-state index in [1.165, 1.54) is 0 Å². The number of methoxy groups -OCH3 is 3. The van der Waals surface area contributed by atoms with Crippen LogP contribution >= 0.6 is 0 Å². The number of ether oxygens (including phenoxy) is 3. The number of aliphatic hydroxyl groups is 1. The third kappa shape index (κ3) is 4.38. The van der Waals surface area contributed by atoms with Crippen molar-refractivity contribution in [2.24, 2.45) is 0 Å². The maximum atomic E-state index is 13.6. The molecule has 1 atom stereocenters. The number of piperazine rings is 1. The molecule has 180 valence electrons. The summed E-state index contributed by atoms with van der Waals surface area (Å²) in [5, 5.41) is 14.4. The second kappa shape index (κ2) is 10.0. The van der Waals surface area contributed by atoms with Crippen molar-refractivity contribution in [2.45, 2.75) is 13.0 Å². The molecule has 0 aliphatic carbocycles. The van der Waals surface area contributed by atoms with Crippen LogP contribution in [0.15, 0.2) is 47.0 Å². The first kappa shape index (κ1) is 23.4. The van der Waals surface area contributed by atoms with E-state index in [1.807, 2.05) is 24.3 Å². The number of carbonyl (C=O) groups excluding carboxylic acids is 1. The highest BCUT2D eigenvalue weighted by Gasteiger charge is 2.32. The number of amides is 1. The minimum atomic E-state index is -0.991. The smallest absolute Gasteiger partial charge is 0.259 e. The van der Waals surface area contributed by atoms with Crippen molar-refractivity contribution < 1.29 is 28.6 Å². The average Bonchev–Trinajstić information content (AvgIpc) is 3.33. The fourth-order valence-corrected chi connectivity index (χ4v) is 4.17. The molecule has 1 N–H and O–H groups in total. The summed E-state index contributed by atoms with van der Waals surface area (Å²) in [7, 11) is 4.75. The van der Waals surface area contributed by atoms with E-state index < -0.39 is 6.10 Å². The summed E-state index contributed by atoms with van der Waals surface area (Å²) in [6.07, 6.45) is -0.991. The highest BCUT2D eigenvalue weighted by molar-refractivity contribution is 6.01. The second-order valence-electron chi connectivity index (χ2n) is 7.97. The van der Waals surface area contributed by atoms with Crippen LogP contribution < -0.4 is 19.1 Å². The van der Waals surface area contributed by atoms with Gasteiger partial charge in [-0.3, -0.25) is 4.79 Å². The van der Waals surface area contributed by atoms with Crippen molar-refractivity contribution in [3.63, 3.8) is 0 Å². The molecular weight excluding hydrogens is 438 g/mol. The number of aromatic nitrogens is 1. The summed E-state index contributed by atoms with van der Waals surface area (Å²) >= 11 is 0. The van der Waals surface area contributed by atoms with E-state index in [-0.39, 0.29) is 17.2 Å². The molecule has 1 aromatic heterocycles. The van der Waals surface area contributed by atoms with Crippen LogP contribution in [0.25, 0.3) is 11.3 Å². The molecule has 1 unspecified atom stereocenters.